The molecule has 1 amide bonds. The monoisotopic (exact) mass is 287 g/mol. The molecule has 2 N–H and O–H groups in total. The molecule has 8 heteroatoms. The summed E-state index contributed by atoms with van der Waals surface area (Å²) in [5.41, 5.74) is 1.80. The van der Waals surface area contributed by atoms with Crippen molar-refractivity contribution in [2.24, 2.45) is 5.92 Å². The summed E-state index contributed by atoms with van der Waals surface area (Å²) in [5, 5.41) is 24.2. The summed E-state index contributed by atoms with van der Waals surface area (Å²) in [6.45, 7) is 0. The number of hydrogen-bond acceptors (Lipinski definition) is 5. The Balaban J connectivity index is 1.75. The Morgan fingerprint density at radius 3 is 2.90 bits per heavy atom. The van der Waals surface area contributed by atoms with Gasteiger partial charge in [0.15, 0.2) is 0 Å². The molecule has 1 heterocycles. The highest BCUT2D eigenvalue weighted by Crippen LogP contribution is 2.27. The van der Waals surface area contributed by atoms with Gasteiger partial charge in [-0.25, -0.2) is 0 Å². The van der Waals surface area contributed by atoms with E-state index in [2.05, 4.69) is 20.7 Å². The van der Waals surface area contributed by atoms with Crippen molar-refractivity contribution >= 4 is 17.3 Å². The normalized spacial score (nSPS) is 17.0. The molecule has 2 aromatic rings. The number of nitro benzene ring substituents is 1. The molecule has 21 heavy (non-hydrogen) atoms. The molecule has 1 aliphatic rings. The predicted molar refractivity (Wildman–Crippen MR) is 73.6 cm³/mol. The van der Waals surface area contributed by atoms with Crippen LogP contribution in [-0.4, -0.2) is 26.2 Å². The average Bonchev–Trinajstić information content (AvgIpc) is 2.94. The number of aryl methyl sites for hydroxylation is 1. The van der Waals surface area contributed by atoms with Gasteiger partial charge in [0.1, 0.15) is 5.69 Å². The summed E-state index contributed by atoms with van der Waals surface area (Å²) >= 11 is 0. The van der Waals surface area contributed by atoms with Gasteiger partial charge < -0.3 is 5.32 Å². The van der Waals surface area contributed by atoms with E-state index in [1.54, 1.807) is 12.1 Å². The second kappa shape index (κ2) is 5.31. The molecule has 1 aliphatic carbocycles. The second-order valence-corrected chi connectivity index (χ2v) is 4.92. The fourth-order valence-corrected chi connectivity index (χ4v) is 2.48. The van der Waals surface area contributed by atoms with Crippen molar-refractivity contribution in [2.75, 3.05) is 5.32 Å². The van der Waals surface area contributed by atoms with Crippen LogP contribution in [0.2, 0.25) is 0 Å². The maximum Gasteiger partial charge on any atom is 0.292 e. The lowest BCUT2D eigenvalue weighted by Crippen LogP contribution is -2.28. The van der Waals surface area contributed by atoms with Crippen molar-refractivity contribution in [3.05, 3.63) is 45.8 Å². The third kappa shape index (κ3) is 2.60. The summed E-state index contributed by atoms with van der Waals surface area (Å²) in [5.74, 6) is -0.472. The van der Waals surface area contributed by atoms with E-state index in [-0.39, 0.29) is 23.2 Å². The zero-order chi connectivity index (χ0) is 14.8. The maximum atomic E-state index is 12.3. The van der Waals surface area contributed by atoms with Crippen molar-refractivity contribution in [3.63, 3.8) is 0 Å². The Bertz CT molecular complexity index is 697. The van der Waals surface area contributed by atoms with Crippen molar-refractivity contribution in [3.8, 4) is 0 Å². The number of nitrogens with zero attached hydrogens (tertiary/aromatic N) is 3. The number of hydrogen-bond donors (Lipinski definition) is 2. The van der Waals surface area contributed by atoms with Crippen LogP contribution in [-0.2, 0) is 17.6 Å². The smallest absolute Gasteiger partial charge is 0.292 e. The van der Waals surface area contributed by atoms with E-state index in [1.807, 2.05) is 0 Å². The van der Waals surface area contributed by atoms with Gasteiger partial charge in [0.05, 0.1) is 16.3 Å². The Morgan fingerprint density at radius 1 is 1.33 bits per heavy atom. The highest BCUT2D eigenvalue weighted by Gasteiger charge is 2.28. The van der Waals surface area contributed by atoms with Crippen LogP contribution in [0.3, 0.4) is 0 Å². The van der Waals surface area contributed by atoms with E-state index < -0.39 is 4.92 Å². The van der Waals surface area contributed by atoms with Crippen LogP contribution < -0.4 is 5.32 Å². The maximum absolute atomic E-state index is 12.3. The molecule has 1 aromatic carbocycles. The van der Waals surface area contributed by atoms with E-state index in [0.717, 1.165) is 11.4 Å². The Hall–Kier alpha value is -2.77. The van der Waals surface area contributed by atoms with Crippen LogP contribution in [0.4, 0.5) is 11.4 Å². The molecule has 0 radical (unpaired) electrons. The van der Waals surface area contributed by atoms with Gasteiger partial charge in [-0.05, 0) is 18.9 Å². The topological polar surface area (TPSA) is 114 Å². The molecule has 0 saturated carbocycles. The lowest BCUT2D eigenvalue weighted by atomic mass is 9.89. The molecule has 108 valence electrons. The summed E-state index contributed by atoms with van der Waals surface area (Å²) in [6.07, 6.45) is 1.84. The molecular formula is C13H13N5O3. The molecule has 0 fully saturated rings. The molecule has 1 unspecified atom stereocenters. The predicted octanol–water partition coefficient (Wildman–Crippen LogP) is 1.46. The number of rotatable bonds is 3. The Morgan fingerprint density at radius 2 is 2.10 bits per heavy atom. The van der Waals surface area contributed by atoms with Crippen LogP contribution in [0.25, 0.3) is 0 Å². The molecule has 0 bridgehead atoms. The number of nitrogens with one attached hydrogen (secondary N) is 2. The van der Waals surface area contributed by atoms with Crippen molar-refractivity contribution in [2.45, 2.75) is 19.3 Å². The van der Waals surface area contributed by atoms with Crippen LogP contribution >= 0.6 is 0 Å². The number of H-pyrrole nitrogens is 1. The molecule has 0 saturated heterocycles. The first-order valence-electron chi connectivity index (χ1n) is 6.58. The minimum Gasteiger partial charge on any atom is -0.320 e. The molecule has 0 spiro atoms. The standard InChI is InChI=1S/C13H13N5O3/c19-13(8-5-6-9-11(7-8)16-17-15-9)14-10-3-1-2-4-12(10)18(20)21/h1-4,8H,5-7H2,(H,14,19)(H,15,16,17). The van der Waals surface area contributed by atoms with Crippen LogP contribution in [0.1, 0.15) is 17.8 Å². The van der Waals surface area contributed by atoms with Gasteiger partial charge in [-0.2, -0.15) is 15.4 Å². The molecule has 1 atom stereocenters. The van der Waals surface area contributed by atoms with Gasteiger partial charge >= 0.3 is 0 Å². The number of benzene rings is 1. The summed E-state index contributed by atoms with van der Waals surface area (Å²) in [7, 11) is 0. The minimum absolute atomic E-state index is 0.108. The van der Waals surface area contributed by atoms with Gasteiger partial charge in [-0.3, -0.25) is 14.9 Å². The van der Waals surface area contributed by atoms with Gasteiger partial charge in [0.2, 0.25) is 5.91 Å². The van der Waals surface area contributed by atoms with Gasteiger partial charge in [-0.15, -0.1) is 0 Å². The first-order valence-corrected chi connectivity index (χ1v) is 6.58. The van der Waals surface area contributed by atoms with E-state index >= 15 is 0 Å². The van der Waals surface area contributed by atoms with Crippen LogP contribution in [0, 0.1) is 16.0 Å². The van der Waals surface area contributed by atoms with E-state index in [9.17, 15) is 14.9 Å². The van der Waals surface area contributed by atoms with E-state index in [1.165, 1.54) is 12.1 Å². The number of carbonyl (C=O) groups is 1. The fourth-order valence-electron chi connectivity index (χ4n) is 2.48. The quantitative estimate of drug-likeness (QED) is 0.655. The number of aromatic amines is 1. The van der Waals surface area contributed by atoms with E-state index in [4.69, 9.17) is 0 Å². The Kier molecular flexibility index (Phi) is 3.35. The SMILES string of the molecule is O=C(Nc1ccccc1[N+](=O)[O-])C1CCc2n[nH]nc2C1. The van der Waals surface area contributed by atoms with Crippen LogP contribution in [0.5, 0.6) is 0 Å². The average molecular weight is 287 g/mol. The summed E-state index contributed by atoms with van der Waals surface area (Å²) in [4.78, 5) is 22.7. The molecular weight excluding hydrogens is 274 g/mol. The van der Waals surface area contributed by atoms with Gasteiger partial charge in [0, 0.05) is 18.4 Å². The largest absolute Gasteiger partial charge is 0.320 e. The number of amides is 1. The zero-order valence-corrected chi connectivity index (χ0v) is 11.1. The first-order chi connectivity index (χ1) is 10.1. The molecule has 0 aliphatic heterocycles. The number of nitro groups is 1. The van der Waals surface area contributed by atoms with Crippen molar-refractivity contribution < 1.29 is 9.72 Å². The zero-order valence-electron chi connectivity index (χ0n) is 11.1. The van der Waals surface area contributed by atoms with E-state index in [0.29, 0.717) is 19.3 Å². The highest BCUT2D eigenvalue weighted by atomic mass is 16.6. The molecule has 8 nitrogen and oxygen atoms in total. The number of carbonyl (C=O) groups excluding carboxylic acids is 1. The third-order valence-electron chi connectivity index (χ3n) is 3.60. The highest BCUT2D eigenvalue weighted by molar-refractivity contribution is 5.94. The van der Waals surface area contributed by atoms with Crippen LogP contribution in [0.15, 0.2) is 24.3 Å². The second-order valence-electron chi connectivity index (χ2n) is 4.92. The van der Waals surface area contributed by atoms with Gasteiger partial charge in [0.25, 0.3) is 5.69 Å². The lowest BCUT2D eigenvalue weighted by Gasteiger charge is -2.19. The fraction of sp³-hybridized carbons (Fsp3) is 0.308. The molecule has 1 aromatic heterocycles. The third-order valence-corrected chi connectivity index (χ3v) is 3.60. The summed E-state index contributed by atoms with van der Waals surface area (Å²) in [6, 6.07) is 6.11. The lowest BCUT2D eigenvalue weighted by molar-refractivity contribution is -0.383. The molecule has 3 rings (SSSR count). The van der Waals surface area contributed by atoms with Crippen molar-refractivity contribution in [1.29, 1.82) is 0 Å². The minimum atomic E-state index is -0.508. The number of para-hydroxylation sites is 2. The Labute approximate surface area is 119 Å². The number of aromatic nitrogens is 3. The van der Waals surface area contributed by atoms with Gasteiger partial charge in [-0.1, -0.05) is 12.1 Å². The van der Waals surface area contributed by atoms with Crippen molar-refractivity contribution in [1.82, 2.24) is 15.4 Å². The number of anilines is 1. The first kappa shape index (κ1) is 13.2. The number of fused-ring (bicyclic) bond motifs is 1. The summed E-state index contributed by atoms with van der Waals surface area (Å²) < 4.78 is 0.